The topological polar surface area (TPSA) is 37.5 Å². The summed E-state index contributed by atoms with van der Waals surface area (Å²) >= 11 is 0. The quantitative estimate of drug-likeness (QED) is 0.441. The van der Waals surface area contributed by atoms with Gasteiger partial charge in [-0.05, 0) is 25.0 Å². The summed E-state index contributed by atoms with van der Waals surface area (Å²) in [5, 5.41) is 11.9. The van der Waals surface area contributed by atoms with Crippen LogP contribution >= 0.6 is 0 Å². The smallest absolute Gasteiger partial charge is 0.103 e. The minimum Gasteiger partial charge on any atom is -0.411 e. The number of oxime groups is 1. The highest BCUT2D eigenvalue weighted by atomic mass is 16.4. The third-order valence-electron chi connectivity index (χ3n) is 2.06. The van der Waals surface area contributed by atoms with Crippen LogP contribution in [0.5, 0.6) is 0 Å². The van der Waals surface area contributed by atoms with Crippen LogP contribution in [0.15, 0.2) is 23.5 Å². The Morgan fingerprint density at radius 2 is 2.45 bits per heavy atom. The Morgan fingerprint density at radius 1 is 1.55 bits per heavy atom. The maximum Gasteiger partial charge on any atom is 0.103 e. The van der Waals surface area contributed by atoms with Gasteiger partial charge in [-0.15, -0.1) is 0 Å². The predicted molar refractivity (Wildman–Crippen MR) is 42.0 cm³/mol. The van der Waals surface area contributed by atoms with Gasteiger partial charge in [-0.1, -0.05) is 5.16 Å². The minimum atomic E-state index is 0.807. The highest BCUT2D eigenvalue weighted by molar-refractivity contribution is 5.99. The third kappa shape index (κ3) is 0.926. The Balaban J connectivity index is 2.48. The summed E-state index contributed by atoms with van der Waals surface area (Å²) in [6, 6.07) is 3.96. The number of aromatic nitrogens is 1. The van der Waals surface area contributed by atoms with Crippen molar-refractivity contribution < 1.29 is 5.21 Å². The summed E-state index contributed by atoms with van der Waals surface area (Å²) in [7, 11) is 0. The van der Waals surface area contributed by atoms with Gasteiger partial charge in [-0.3, -0.25) is 0 Å². The van der Waals surface area contributed by atoms with E-state index in [1.54, 1.807) is 0 Å². The number of hydrogen-bond donors (Lipinski definition) is 1. The molecule has 0 atom stereocenters. The first kappa shape index (κ1) is 6.46. The van der Waals surface area contributed by atoms with Crippen molar-refractivity contribution in [3.63, 3.8) is 0 Å². The highest BCUT2D eigenvalue weighted by Crippen LogP contribution is 2.15. The molecule has 0 bridgehead atoms. The van der Waals surface area contributed by atoms with E-state index in [1.807, 2.05) is 18.3 Å². The molecule has 1 aliphatic heterocycles. The second-order valence-electron chi connectivity index (χ2n) is 2.74. The van der Waals surface area contributed by atoms with Gasteiger partial charge in [-0.2, -0.15) is 0 Å². The van der Waals surface area contributed by atoms with Crippen LogP contribution in [-0.4, -0.2) is 15.5 Å². The van der Waals surface area contributed by atoms with Gasteiger partial charge in [0.25, 0.3) is 0 Å². The fourth-order valence-electron chi connectivity index (χ4n) is 1.52. The molecule has 0 saturated carbocycles. The third-order valence-corrected chi connectivity index (χ3v) is 2.06. The van der Waals surface area contributed by atoms with Crippen LogP contribution in [0.2, 0.25) is 0 Å². The van der Waals surface area contributed by atoms with Crippen LogP contribution in [0.4, 0.5) is 0 Å². The van der Waals surface area contributed by atoms with Gasteiger partial charge in [0.1, 0.15) is 5.71 Å². The van der Waals surface area contributed by atoms with Crippen LogP contribution in [0.3, 0.4) is 0 Å². The summed E-state index contributed by atoms with van der Waals surface area (Å²) in [6.07, 6.45) is 3.97. The molecular formula is C8H10N2O. The average molecular weight is 150 g/mol. The van der Waals surface area contributed by atoms with E-state index in [9.17, 15) is 0 Å². The van der Waals surface area contributed by atoms with E-state index in [0.717, 1.165) is 30.8 Å². The number of nitrogens with zero attached hydrogens (tertiary/aromatic N) is 2. The van der Waals surface area contributed by atoms with E-state index in [0.29, 0.717) is 0 Å². The van der Waals surface area contributed by atoms with Crippen molar-refractivity contribution in [3.8, 4) is 0 Å². The first-order valence-electron chi connectivity index (χ1n) is 3.78. The zero-order valence-electron chi connectivity index (χ0n) is 6.20. The molecule has 11 heavy (non-hydrogen) atoms. The minimum absolute atomic E-state index is 0.807. The molecule has 0 unspecified atom stereocenters. The van der Waals surface area contributed by atoms with Gasteiger partial charge in [0, 0.05) is 12.7 Å². The van der Waals surface area contributed by atoms with Gasteiger partial charge in [0.2, 0.25) is 0 Å². The SMILES string of the molecule is O/N=C1/CCCn2cccc21. The molecule has 0 amide bonds. The average Bonchev–Trinajstić information content (AvgIpc) is 2.50. The van der Waals surface area contributed by atoms with E-state index in [2.05, 4.69) is 9.72 Å². The Morgan fingerprint density at radius 3 is 3.27 bits per heavy atom. The number of fused-ring (bicyclic) bond motifs is 1. The molecule has 1 aliphatic rings. The van der Waals surface area contributed by atoms with E-state index < -0.39 is 0 Å². The van der Waals surface area contributed by atoms with Crippen molar-refractivity contribution in [2.45, 2.75) is 19.4 Å². The van der Waals surface area contributed by atoms with Crippen molar-refractivity contribution in [1.82, 2.24) is 4.57 Å². The Kier molecular flexibility index (Phi) is 1.42. The van der Waals surface area contributed by atoms with Gasteiger partial charge in [0.15, 0.2) is 0 Å². The van der Waals surface area contributed by atoms with Crippen molar-refractivity contribution in [3.05, 3.63) is 24.0 Å². The molecule has 2 heterocycles. The summed E-state index contributed by atoms with van der Waals surface area (Å²) < 4.78 is 2.11. The highest BCUT2D eigenvalue weighted by Gasteiger charge is 2.13. The standard InChI is InChI=1S/C8H10N2O/c11-9-7-3-1-5-10-6-2-4-8(7)10/h2,4,6,11H,1,3,5H2/b9-7-. The van der Waals surface area contributed by atoms with Gasteiger partial charge in [0.05, 0.1) is 5.69 Å². The zero-order valence-corrected chi connectivity index (χ0v) is 6.20. The first-order chi connectivity index (χ1) is 5.42. The first-order valence-corrected chi connectivity index (χ1v) is 3.78. The van der Waals surface area contributed by atoms with Gasteiger partial charge in [-0.25, -0.2) is 0 Å². The van der Waals surface area contributed by atoms with Crippen LogP contribution in [-0.2, 0) is 6.54 Å². The molecule has 0 radical (unpaired) electrons. The van der Waals surface area contributed by atoms with E-state index in [-0.39, 0.29) is 0 Å². The summed E-state index contributed by atoms with van der Waals surface area (Å²) in [4.78, 5) is 0. The fourth-order valence-corrected chi connectivity index (χ4v) is 1.52. The van der Waals surface area contributed by atoms with Crippen molar-refractivity contribution in [2.24, 2.45) is 5.16 Å². The van der Waals surface area contributed by atoms with E-state index in [1.165, 1.54) is 0 Å². The van der Waals surface area contributed by atoms with E-state index >= 15 is 0 Å². The lowest BCUT2D eigenvalue weighted by Crippen LogP contribution is -2.16. The van der Waals surface area contributed by atoms with Crippen LogP contribution in [0.25, 0.3) is 0 Å². The summed E-state index contributed by atoms with van der Waals surface area (Å²) in [5.41, 5.74) is 1.86. The second-order valence-corrected chi connectivity index (χ2v) is 2.74. The molecule has 0 aromatic carbocycles. The maximum atomic E-state index is 8.63. The largest absolute Gasteiger partial charge is 0.411 e. The van der Waals surface area contributed by atoms with E-state index in [4.69, 9.17) is 5.21 Å². The normalized spacial score (nSPS) is 20.2. The summed E-state index contributed by atoms with van der Waals surface area (Å²) in [5.74, 6) is 0. The molecule has 0 spiro atoms. The Labute approximate surface area is 64.9 Å². The molecule has 2 rings (SSSR count). The fraction of sp³-hybridized carbons (Fsp3) is 0.375. The maximum absolute atomic E-state index is 8.63. The molecule has 3 heteroatoms. The molecule has 0 fully saturated rings. The lowest BCUT2D eigenvalue weighted by molar-refractivity contribution is 0.316. The Hall–Kier alpha value is -1.25. The van der Waals surface area contributed by atoms with Crippen LogP contribution in [0, 0.1) is 0 Å². The summed E-state index contributed by atoms with van der Waals surface area (Å²) in [6.45, 7) is 1.04. The lowest BCUT2D eigenvalue weighted by Gasteiger charge is -2.15. The molecule has 58 valence electrons. The number of rotatable bonds is 0. The molecular weight excluding hydrogens is 140 g/mol. The van der Waals surface area contributed by atoms with Crippen molar-refractivity contribution in [1.29, 1.82) is 0 Å². The lowest BCUT2D eigenvalue weighted by atomic mass is 10.1. The van der Waals surface area contributed by atoms with Gasteiger partial charge < -0.3 is 9.77 Å². The molecule has 3 nitrogen and oxygen atoms in total. The molecule has 1 N–H and O–H groups in total. The van der Waals surface area contributed by atoms with Gasteiger partial charge >= 0.3 is 0 Å². The molecule has 1 aromatic rings. The molecule has 0 saturated heterocycles. The Bertz CT molecular complexity index is 288. The second kappa shape index (κ2) is 2.42. The predicted octanol–water partition coefficient (Wildman–Crippen LogP) is 1.46. The molecule has 0 aliphatic carbocycles. The number of aryl methyl sites for hydroxylation is 1. The van der Waals surface area contributed by atoms with Crippen molar-refractivity contribution in [2.75, 3.05) is 0 Å². The zero-order chi connectivity index (χ0) is 7.68. The van der Waals surface area contributed by atoms with Crippen LogP contribution in [0.1, 0.15) is 18.5 Å². The van der Waals surface area contributed by atoms with Crippen molar-refractivity contribution >= 4 is 5.71 Å². The van der Waals surface area contributed by atoms with Crippen LogP contribution < -0.4 is 0 Å². The number of hydrogen-bond acceptors (Lipinski definition) is 2. The molecule has 1 aromatic heterocycles. The monoisotopic (exact) mass is 150 g/mol.